The fourth-order valence-corrected chi connectivity index (χ4v) is 4.18. The predicted molar refractivity (Wildman–Crippen MR) is 87.4 cm³/mol. The maximum absolute atomic E-state index is 12.4. The maximum atomic E-state index is 12.4. The molecule has 0 spiro atoms. The van der Waals surface area contributed by atoms with Crippen molar-refractivity contribution in [1.29, 1.82) is 0 Å². The minimum atomic E-state index is -3.39. The van der Waals surface area contributed by atoms with Gasteiger partial charge in [-0.3, -0.25) is 4.72 Å². The molecule has 8 heteroatoms. The van der Waals surface area contributed by atoms with Crippen LogP contribution in [0.4, 0.5) is 10.5 Å². The number of carboxylic acid groups (broad SMARTS) is 1. The van der Waals surface area contributed by atoms with Gasteiger partial charge in [0, 0.05) is 6.07 Å². The molecule has 1 aromatic carbocycles. The molecule has 7 nitrogen and oxygen atoms in total. The lowest BCUT2D eigenvalue weighted by Crippen LogP contribution is -2.29. The molecule has 1 aliphatic rings. The highest BCUT2D eigenvalue weighted by atomic mass is 32.2. The van der Waals surface area contributed by atoms with E-state index in [2.05, 4.69) is 10.0 Å². The number of ether oxygens (including phenoxy) is 1. The molecule has 0 aromatic heterocycles. The van der Waals surface area contributed by atoms with Gasteiger partial charge in [0.2, 0.25) is 10.0 Å². The van der Waals surface area contributed by atoms with Gasteiger partial charge in [0.25, 0.3) is 0 Å². The highest BCUT2D eigenvalue weighted by molar-refractivity contribution is 7.93. The van der Waals surface area contributed by atoms with Crippen LogP contribution in [0, 0.1) is 0 Å². The van der Waals surface area contributed by atoms with Gasteiger partial charge in [-0.2, -0.15) is 0 Å². The van der Waals surface area contributed by atoms with E-state index in [0.717, 1.165) is 19.3 Å². The van der Waals surface area contributed by atoms with Crippen LogP contribution in [-0.2, 0) is 10.0 Å². The molecule has 0 radical (unpaired) electrons. The molecule has 0 bridgehead atoms. The summed E-state index contributed by atoms with van der Waals surface area (Å²) in [7, 11) is -3.39. The molecule has 23 heavy (non-hydrogen) atoms. The van der Waals surface area contributed by atoms with Gasteiger partial charge in [0.05, 0.1) is 17.5 Å². The maximum Gasteiger partial charge on any atom is 0.404 e. The lowest BCUT2D eigenvalue weighted by Gasteiger charge is -2.22. The van der Waals surface area contributed by atoms with Crippen molar-refractivity contribution < 1.29 is 23.1 Å². The van der Waals surface area contributed by atoms with Crippen molar-refractivity contribution >= 4 is 21.8 Å². The van der Waals surface area contributed by atoms with E-state index in [1.807, 2.05) is 0 Å². The van der Waals surface area contributed by atoms with Crippen LogP contribution < -0.4 is 14.8 Å². The Bertz CT molecular complexity index is 627. The number of benzene rings is 1. The van der Waals surface area contributed by atoms with Crippen LogP contribution in [0.3, 0.4) is 0 Å². The number of carbonyl (C=O) groups is 1. The SMILES string of the molecule is O=C(O)NCCOc1cccc(NS(=O)(=O)C2CCCCC2)c1. The van der Waals surface area contributed by atoms with E-state index in [-0.39, 0.29) is 18.4 Å². The lowest BCUT2D eigenvalue weighted by molar-refractivity contribution is 0.191. The third-order valence-corrected chi connectivity index (χ3v) is 5.60. The molecule has 3 N–H and O–H groups in total. The fourth-order valence-electron chi connectivity index (χ4n) is 2.60. The summed E-state index contributed by atoms with van der Waals surface area (Å²) in [6, 6.07) is 6.65. The smallest absolute Gasteiger partial charge is 0.404 e. The molecule has 0 aliphatic heterocycles. The number of rotatable bonds is 7. The van der Waals surface area contributed by atoms with Crippen LogP contribution in [0.25, 0.3) is 0 Å². The second kappa shape index (κ2) is 8.05. The topological polar surface area (TPSA) is 105 Å². The quantitative estimate of drug-likeness (QED) is 0.660. The number of hydrogen-bond donors (Lipinski definition) is 3. The third-order valence-electron chi connectivity index (χ3n) is 3.73. The average Bonchev–Trinajstić information content (AvgIpc) is 2.52. The molecule has 1 fully saturated rings. The Hall–Kier alpha value is -1.96. The Balaban J connectivity index is 1.92. The van der Waals surface area contributed by atoms with Crippen LogP contribution in [-0.4, -0.2) is 38.0 Å². The van der Waals surface area contributed by atoms with Gasteiger partial charge in [-0.1, -0.05) is 25.3 Å². The zero-order valence-electron chi connectivity index (χ0n) is 12.8. The van der Waals surface area contributed by atoms with Crippen LogP contribution in [0.5, 0.6) is 5.75 Å². The Kier molecular flexibility index (Phi) is 6.09. The Morgan fingerprint density at radius 3 is 2.70 bits per heavy atom. The molecule has 0 heterocycles. The lowest BCUT2D eigenvalue weighted by atomic mass is 10.0. The molecule has 1 aromatic rings. The zero-order valence-corrected chi connectivity index (χ0v) is 13.6. The van der Waals surface area contributed by atoms with Gasteiger partial charge >= 0.3 is 6.09 Å². The average molecular weight is 342 g/mol. The number of amides is 1. The second-order valence-corrected chi connectivity index (χ2v) is 7.48. The van der Waals surface area contributed by atoms with Gasteiger partial charge in [0.15, 0.2) is 0 Å². The zero-order chi connectivity index (χ0) is 16.7. The highest BCUT2D eigenvalue weighted by Crippen LogP contribution is 2.26. The van der Waals surface area contributed by atoms with Crippen LogP contribution in [0.15, 0.2) is 24.3 Å². The van der Waals surface area contributed by atoms with Gasteiger partial charge in [0.1, 0.15) is 12.4 Å². The van der Waals surface area contributed by atoms with Crippen molar-refractivity contribution in [3.8, 4) is 5.75 Å². The number of anilines is 1. The van der Waals surface area contributed by atoms with Crippen molar-refractivity contribution in [2.24, 2.45) is 0 Å². The van der Waals surface area contributed by atoms with Crippen LogP contribution >= 0.6 is 0 Å². The summed E-state index contributed by atoms with van der Waals surface area (Å²) in [5.74, 6) is 0.487. The van der Waals surface area contributed by atoms with Gasteiger partial charge < -0.3 is 15.2 Å². The predicted octanol–water partition coefficient (Wildman–Crippen LogP) is 2.41. The fraction of sp³-hybridized carbons (Fsp3) is 0.533. The number of hydrogen-bond acceptors (Lipinski definition) is 4. The molecule has 2 rings (SSSR count). The van der Waals surface area contributed by atoms with E-state index >= 15 is 0 Å². The van der Waals surface area contributed by atoms with E-state index in [0.29, 0.717) is 24.3 Å². The summed E-state index contributed by atoms with van der Waals surface area (Å²) >= 11 is 0. The molecule has 1 aliphatic carbocycles. The van der Waals surface area contributed by atoms with Crippen molar-refractivity contribution in [3.63, 3.8) is 0 Å². The van der Waals surface area contributed by atoms with Crippen molar-refractivity contribution in [1.82, 2.24) is 5.32 Å². The van der Waals surface area contributed by atoms with Crippen molar-refractivity contribution in [2.45, 2.75) is 37.4 Å². The molecule has 0 saturated heterocycles. The number of nitrogens with one attached hydrogen (secondary N) is 2. The molecule has 1 saturated carbocycles. The third kappa shape index (κ3) is 5.63. The largest absolute Gasteiger partial charge is 0.492 e. The summed E-state index contributed by atoms with van der Waals surface area (Å²) in [5, 5.41) is 10.3. The van der Waals surface area contributed by atoms with Gasteiger partial charge in [-0.25, -0.2) is 13.2 Å². The molecule has 0 atom stereocenters. The minimum absolute atomic E-state index is 0.160. The first kappa shape index (κ1) is 17.4. The van der Waals surface area contributed by atoms with Crippen molar-refractivity contribution in [3.05, 3.63) is 24.3 Å². The first-order valence-electron chi connectivity index (χ1n) is 7.69. The monoisotopic (exact) mass is 342 g/mol. The van der Waals surface area contributed by atoms with E-state index in [1.54, 1.807) is 24.3 Å². The van der Waals surface area contributed by atoms with Gasteiger partial charge in [-0.15, -0.1) is 0 Å². The van der Waals surface area contributed by atoms with E-state index in [9.17, 15) is 13.2 Å². The summed E-state index contributed by atoms with van der Waals surface area (Å²) < 4.78 is 32.8. The minimum Gasteiger partial charge on any atom is -0.492 e. The highest BCUT2D eigenvalue weighted by Gasteiger charge is 2.27. The summed E-state index contributed by atoms with van der Waals surface area (Å²) in [6.45, 7) is 0.332. The molecular formula is C15H22N2O5S. The van der Waals surface area contributed by atoms with Crippen LogP contribution in [0.2, 0.25) is 0 Å². The van der Waals surface area contributed by atoms with E-state index in [1.165, 1.54) is 0 Å². The summed E-state index contributed by atoms with van der Waals surface area (Å²) in [4.78, 5) is 10.3. The van der Waals surface area contributed by atoms with E-state index in [4.69, 9.17) is 9.84 Å². The normalized spacial score (nSPS) is 15.8. The first-order valence-corrected chi connectivity index (χ1v) is 9.23. The van der Waals surface area contributed by atoms with Gasteiger partial charge in [-0.05, 0) is 25.0 Å². The Morgan fingerprint density at radius 1 is 1.26 bits per heavy atom. The summed E-state index contributed by atoms with van der Waals surface area (Å²) in [5.41, 5.74) is 0.458. The van der Waals surface area contributed by atoms with E-state index < -0.39 is 16.1 Å². The molecule has 1 amide bonds. The molecule has 128 valence electrons. The number of sulfonamides is 1. The molecular weight excluding hydrogens is 320 g/mol. The molecule has 0 unspecified atom stereocenters. The Morgan fingerprint density at radius 2 is 2.00 bits per heavy atom. The van der Waals surface area contributed by atoms with Crippen LogP contribution in [0.1, 0.15) is 32.1 Å². The Labute approximate surface area is 136 Å². The second-order valence-electron chi connectivity index (χ2n) is 5.52. The first-order chi connectivity index (χ1) is 11.0. The summed E-state index contributed by atoms with van der Waals surface area (Å²) in [6.07, 6.45) is 3.29. The standard InChI is InChI=1S/C15H22N2O5S/c18-15(19)16-9-10-22-13-6-4-5-12(11-13)17-23(20,21)14-7-2-1-3-8-14/h4-6,11,14,16-17H,1-3,7-10H2,(H,18,19). The van der Waals surface area contributed by atoms with Crippen molar-refractivity contribution in [2.75, 3.05) is 17.9 Å².